The number of nitrogens with zero attached hydrogens (tertiary/aromatic N) is 2. The molecule has 0 saturated heterocycles. The van der Waals surface area contributed by atoms with Crippen molar-refractivity contribution in [1.29, 1.82) is 0 Å². The molecule has 6 heteroatoms. The number of hydrogen-bond donors (Lipinski definition) is 2. The summed E-state index contributed by atoms with van der Waals surface area (Å²) in [4.78, 5) is 20.7. The molecule has 1 aromatic heterocycles. The molecule has 0 saturated carbocycles. The molecule has 0 aliphatic carbocycles. The number of nitrogens with one attached hydrogen (secondary N) is 1. The van der Waals surface area contributed by atoms with Crippen LogP contribution in [0.2, 0.25) is 19.6 Å². The second-order valence-corrected chi connectivity index (χ2v) is 13.1. The van der Waals surface area contributed by atoms with Crippen LogP contribution in [0.1, 0.15) is 38.6 Å². The third kappa shape index (κ3) is 5.73. The second-order valence-electron chi connectivity index (χ2n) is 8.36. The summed E-state index contributed by atoms with van der Waals surface area (Å²) >= 11 is 0. The number of rotatable bonds is 5. The maximum atomic E-state index is 11.6. The van der Waals surface area contributed by atoms with Gasteiger partial charge in [0, 0.05) is 11.1 Å². The van der Waals surface area contributed by atoms with Gasteiger partial charge in [-0.2, -0.15) is 0 Å². The molecular formula is C21H29N3O2Si. The normalized spacial score (nSPS) is 11.6. The van der Waals surface area contributed by atoms with Gasteiger partial charge in [0.05, 0.1) is 18.4 Å². The molecule has 1 aromatic carbocycles. The van der Waals surface area contributed by atoms with Crippen LogP contribution in [-0.4, -0.2) is 39.7 Å². The molecule has 5 nitrogen and oxygen atoms in total. The first-order valence-electron chi connectivity index (χ1n) is 9.20. The van der Waals surface area contributed by atoms with Crippen LogP contribution in [0.25, 0.3) is 11.3 Å². The Balaban J connectivity index is 2.17. The molecule has 0 atom stereocenters. The van der Waals surface area contributed by atoms with Gasteiger partial charge in [0.15, 0.2) is 0 Å². The number of aromatic amines is 1. The minimum Gasteiger partial charge on any atom is -0.465 e. The molecule has 0 aliphatic rings. The van der Waals surface area contributed by atoms with Crippen LogP contribution in [-0.2, 0) is 6.54 Å². The quantitative estimate of drug-likeness (QED) is 0.565. The zero-order chi connectivity index (χ0) is 20.2. The molecule has 0 fully saturated rings. The van der Waals surface area contributed by atoms with Crippen LogP contribution in [0.5, 0.6) is 0 Å². The topological polar surface area (TPSA) is 69.2 Å². The highest BCUT2D eigenvalue weighted by Gasteiger charge is 2.29. The first-order chi connectivity index (χ1) is 12.5. The summed E-state index contributed by atoms with van der Waals surface area (Å²) in [7, 11) is -1.39. The number of carbonyl (C=O) groups is 1. The Labute approximate surface area is 162 Å². The summed E-state index contributed by atoms with van der Waals surface area (Å²) in [6.45, 7) is 12.7. The van der Waals surface area contributed by atoms with Crippen molar-refractivity contribution in [2.75, 3.05) is 0 Å². The van der Waals surface area contributed by atoms with Crippen LogP contribution >= 0.6 is 0 Å². The summed E-state index contributed by atoms with van der Waals surface area (Å²) in [5.74, 6) is 3.88. The van der Waals surface area contributed by atoms with E-state index in [4.69, 9.17) is 0 Å². The van der Waals surface area contributed by atoms with Crippen LogP contribution in [0.4, 0.5) is 4.79 Å². The fraction of sp³-hybridized carbons (Fsp3) is 0.429. The average molecular weight is 384 g/mol. The van der Waals surface area contributed by atoms with E-state index in [1.807, 2.05) is 45.0 Å². The average Bonchev–Trinajstić information content (AvgIpc) is 3.06. The van der Waals surface area contributed by atoms with Crippen molar-refractivity contribution in [1.82, 2.24) is 14.9 Å². The molecule has 1 amide bonds. The highest BCUT2D eigenvalue weighted by atomic mass is 28.3. The SMILES string of the molecule is CCC(C)(C)N(Cc1ncc(-c2ccc(C#C[Si](C)(C)C)cc2)[nH]1)C(=O)O. The number of benzene rings is 1. The van der Waals surface area contributed by atoms with E-state index in [2.05, 4.69) is 41.1 Å². The lowest BCUT2D eigenvalue weighted by atomic mass is 10.00. The van der Waals surface area contributed by atoms with Gasteiger partial charge >= 0.3 is 6.09 Å². The number of carboxylic acid groups (broad SMARTS) is 1. The van der Waals surface area contributed by atoms with Crippen molar-refractivity contribution in [3.63, 3.8) is 0 Å². The predicted molar refractivity (Wildman–Crippen MR) is 112 cm³/mol. The van der Waals surface area contributed by atoms with Gasteiger partial charge in [-0.15, -0.1) is 5.54 Å². The lowest BCUT2D eigenvalue weighted by molar-refractivity contribution is 0.0834. The van der Waals surface area contributed by atoms with E-state index < -0.39 is 19.7 Å². The third-order valence-corrected chi connectivity index (χ3v) is 5.42. The number of imidazole rings is 1. The van der Waals surface area contributed by atoms with Crippen LogP contribution in [0, 0.1) is 11.5 Å². The molecule has 144 valence electrons. The van der Waals surface area contributed by atoms with E-state index in [0.29, 0.717) is 5.82 Å². The molecular weight excluding hydrogens is 354 g/mol. The van der Waals surface area contributed by atoms with Crippen LogP contribution < -0.4 is 0 Å². The standard InChI is InChI=1S/C21H29N3O2Si/c1-7-21(2,3)24(20(25)26)15-19-22-14-18(23-19)17-10-8-16(9-11-17)12-13-27(4,5)6/h8-11,14H,7,15H2,1-6H3,(H,22,23)(H,25,26). The van der Waals surface area contributed by atoms with Gasteiger partial charge in [-0.25, -0.2) is 9.78 Å². The highest BCUT2D eigenvalue weighted by molar-refractivity contribution is 6.83. The number of aromatic nitrogens is 2. The lowest BCUT2D eigenvalue weighted by Crippen LogP contribution is -2.46. The van der Waals surface area contributed by atoms with Gasteiger partial charge in [0.25, 0.3) is 0 Å². The Morgan fingerprint density at radius 1 is 1.26 bits per heavy atom. The monoisotopic (exact) mass is 383 g/mol. The van der Waals surface area contributed by atoms with Crippen molar-refractivity contribution < 1.29 is 9.90 Å². The Bertz CT molecular complexity index is 852. The number of amides is 1. The maximum absolute atomic E-state index is 11.6. The van der Waals surface area contributed by atoms with Gasteiger partial charge in [0.1, 0.15) is 13.9 Å². The van der Waals surface area contributed by atoms with Gasteiger partial charge in [0.2, 0.25) is 0 Å². The van der Waals surface area contributed by atoms with Gasteiger partial charge < -0.3 is 10.1 Å². The van der Waals surface area contributed by atoms with Crippen molar-refractivity contribution in [2.24, 2.45) is 0 Å². The van der Waals surface area contributed by atoms with Crippen molar-refractivity contribution in [2.45, 2.75) is 58.9 Å². The summed E-state index contributed by atoms with van der Waals surface area (Å²) in [6.07, 6.45) is 1.54. The smallest absolute Gasteiger partial charge is 0.408 e. The van der Waals surface area contributed by atoms with E-state index >= 15 is 0 Å². The molecule has 2 N–H and O–H groups in total. The van der Waals surface area contributed by atoms with Crippen molar-refractivity contribution in [3.05, 3.63) is 41.9 Å². The van der Waals surface area contributed by atoms with Crippen LogP contribution in [0.15, 0.2) is 30.5 Å². The molecule has 0 aliphatic heterocycles. The lowest BCUT2D eigenvalue weighted by Gasteiger charge is -2.35. The van der Waals surface area contributed by atoms with E-state index in [1.54, 1.807) is 6.20 Å². The van der Waals surface area contributed by atoms with Crippen LogP contribution in [0.3, 0.4) is 0 Å². The van der Waals surface area contributed by atoms with E-state index in [1.165, 1.54) is 4.90 Å². The van der Waals surface area contributed by atoms with Gasteiger partial charge in [-0.3, -0.25) is 4.90 Å². The molecule has 2 rings (SSSR count). The fourth-order valence-corrected chi connectivity index (χ4v) is 2.98. The molecule has 0 radical (unpaired) electrons. The van der Waals surface area contributed by atoms with E-state index in [-0.39, 0.29) is 6.54 Å². The minimum absolute atomic E-state index is 0.232. The van der Waals surface area contributed by atoms with Crippen molar-refractivity contribution >= 4 is 14.2 Å². The van der Waals surface area contributed by atoms with E-state index in [0.717, 1.165) is 23.2 Å². The van der Waals surface area contributed by atoms with Gasteiger partial charge in [-0.1, -0.05) is 44.6 Å². The highest BCUT2D eigenvalue weighted by Crippen LogP contribution is 2.23. The molecule has 0 spiro atoms. The predicted octanol–water partition coefficient (Wildman–Crippen LogP) is 4.97. The number of H-pyrrole nitrogens is 1. The van der Waals surface area contributed by atoms with Crippen molar-refractivity contribution in [3.8, 4) is 22.7 Å². The summed E-state index contributed by atoms with van der Waals surface area (Å²) < 4.78 is 0. The zero-order valence-electron chi connectivity index (χ0n) is 17.1. The number of hydrogen-bond acceptors (Lipinski definition) is 2. The first kappa shape index (κ1) is 20.8. The summed E-state index contributed by atoms with van der Waals surface area (Å²) in [5, 5.41) is 9.54. The maximum Gasteiger partial charge on any atom is 0.408 e. The fourth-order valence-electron chi connectivity index (χ4n) is 2.46. The Hall–Kier alpha value is -2.52. The van der Waals surface area contributed by atoms with Gasteiger partial charge in [-0.05, 0) is 38.0 Å². The molecule has 0 unspecified atom stereocenters. The summed E-state index contributed by atoms with van der Waals surface area (Å²) in [5.41, 5.74) is 5.79. The molecule has 27 heavy (non-hydrogen) atoms. The summed E-state index contributed by atoms with van der Waals surface area (Å²) in [6, 6.07) is 8.03. The Morgan fingerprint density at radius 3 is 2.41 bits per heavy atom. The molecule has 1 heterocycles. The second kappa shape index (κ2) is 8.01. The van der Waals surface area contributed by atoms with E-state index in [9.17, 15) is 9.90 Å². The first-order valence-corrected chi connectivity index (χ1v) is 12.7. The Kier molecular flexibility index (Phi) is 6.17. The third-order valence-electron chi connectivity index (χ3n) is 4.54. The molecule has 2 aromatic rings. The molecule has 0 bridgehead atoms. The largest absolute Gasteiger partial charge is 0.465 e. The Morgan fingerprint density at radius 2 is 1.89 bits per heavy atom. The minimum atomic E-state index is -1.39. The zero-order valence-corrected chi connectivity index (χ0v) is 18.1.